The van der Waals surface area contributed by atoms with Crippen molar-refractivity contribution in [1.29, 1.82) is 0 Å². The molecule has 0 heterocycles. The number of methoxy groups -OCH3 is 2. The number of hydrogen-bond donors (Lipinski definition) is 2. The lowest BCUT2D eigenvalue weighted by molar-refractivity contribution is -0.141. The topological polar surface area (TPSA) is 93.7 Å². The van der Waals surface area contributed by atoms with Crippen LogP contribution < -0.4 is 14.8 Å². The lowest BCUT2D eigenvalue weighted by Crippen LogP contribution is -2.33. The Hall–Kier alpha value is -3.75. The van der Waals surface area contributed by atoms with Crippen LogP contribution in [0.5, 0.6) is 5.75 Å². The third-order valence-corrected chi connectivity index (χ3v) is 7.34. The van der Waals surface area contributed by atoms with Crippen molar-refractivity contribution in [3.05, 3.63) is 95.5 Å². The molecule has 0 aliphatic carbocycles. The molecule has 2 N–H and O–H groups in total. The average Bonchev–Trinajstić information content (AvgIpc) is 2.90. The molecular formula is C27H25ClN2O5S. The zero-order chi connectivity index (χ0) is 25.7. The van der Waals surface area contributed by atoms with Gasteiger partial charge in [-0.25, -0.2) is 13.2 Å². The van der Waals surface area contributed by atoms with Gasteiger partial charge in [-0.05, 0) is 54.1 Å². The highest BCUT2D eigenvalue weighted by Crippen LogP contribution is 2.32. The molecule has 0 aromatic heterocycles. The Morgan fingerprint density at radius 1 is 0.861 bits per heavy atom. The molecule has 1 atom stereocenters. The van der Waals surface area contributed by atoms with Gasteiger partial charge >= 0.3 is 5.97 Å². The number of rotatable bonds is 9. The number of nitrogens with one attached hydrogen (secondary N) is 2. The van der Waals surface area contributed by atoms with Crippen LogP contribution in [0.15, 0.2) is 89.8 Å². The van der Waals surface area contributed by atoms with Gasteiger partial charge in [0.05, 0.1) is 24.8 Å². The smallest absolute Gasteiger partial charge is 0.328 e. The number of ether oxygens (including phenoxy) is 2. The Morgan fingerprint density at radius 3 is 2.08 bits per heavy atom. The Kier molecular flexibility index (Phi) is 7.67. The normalized spacial score (nSPS) is 12.1. The van der Waals surface area contributed by atoms with Crippen molar-refractivity contribution in [3.63, 3.8) is 0 Å². The van der Waals surface area contributed by atoms with Crippen LogP contribution in [0.3, 0.4) is 0 Å². The van der Waals surface area contributed by atoms with E-state index in [1.54, 1.807) is 36.4 Å². The van der Waals surface area contributed by atoms with Crippen molar-refractivity contribution in [3.8, 4) is 5.75 Å². The van der Waals surface area contributed by atoms with E-state index in [4.69, 9.17) is 21.1 Å². The number of fused-ring (bicyclic) bond motifs is 1. The molecule has 0 radical (unpaired) electrons. The van der Waals surface area contributed by atoms with E-state index in [0.717, 1.165) is 10.9 Å². The standard InChI is InChI=1S/C27H25ClN2O5S/c1-34-20-11-13-21(14-12-20)36(32,33)30-25-16-15-24(22-5-3-4-6-23(22)25)29-26(27(31)35-2)17-18-7-9-19(28)10-8-18/h3-16,26,29-30H,17H2,1-2H3/t26-/m0/s1. The number of halogens is 1. The Bertz CT molecular complexity index is 1470. The summed E-state index contributed by atoms with van der Waals surface area (Å²) in [6, 6.07) is 23.5. The monoisotopic (exact) mass is 524 g/mol. The van der Waals surface area contributed by atoms with Gasteiger partial charge in [0.15, 0.2) is 0 Å². The van der Waals surface area contributed by atoms with E-state index in [9.17, 15) is 13.2 Å². The first-order valence-corrected chi connectivity index (χ1v) is 12.9. The molecule has 0 bridgehead atoms. The fourth-order valence-corrected chi connectivity index (χ4v) is 5.06. The molecule has 0 aliphatic rings. The highest BCUT2D eigenvalue weighted by molar-refractivity contribution is 7.92. The van der Waals surface area contributed by atoms with E-state index in [2.05, 4.69) is 10.0 Å². The Morgan fingerprint density at radius 2 is 1.47 bits per heavy atom. The van der Waals surface area contributed by atoms with E-state index in [1.165, 1.54) is 26.4 Å². The van der Waals surface area contributed by atoms with Crippen molar-refractivity contribution in [2.24, 2.45) is 0 Å². The van der Waals surface area contributed by atoms with Gasteiger partial charge in [0.25, 0.3) is 10.0 Å². The fourth-order valence-electron chi connectivity index (χ4n) is 3.85. The lowest BCUT2D eigenvalue weighted by atomic mass is 10.0. The third kappa shape index (κ3) is 5.72. The molecule has 7 nitrogen and oxygen atoms in total. The molecular weight excluding hydrogens is 500 g/mol. The van der Waals surface area contributed by atoms with Crippen LogP contribution >= 0.6 is 11.6 Å². The van der Waals surface area contributed by atoms with Gasteiger partial charge in [0, 0.05) is 27.9 Å². The van der Waals surface area contributed by atoms with Crippen LogP contribution in [-0.4, -0.2) is 34.6 Å². The lowest BCUT2D eigenvalue weighted by Gasteiger charge is -2.20. The number of benzene rings is 4. The summed E-state index contributed by atoms with van der Waals surface area (Å²) in [5, 5.41) is 5.31. The predicted molar refractivity (Wildman–Crippen MR) is 142 cm³/mol. The maximum absolute atomic E-state index is 13.0. The van der Waals surface area contributed by atoms with Gasteiger partial charge < -0.3 is 14.8 Å². The minimum Gasteiger partial charge on any atom is -0.497 e. The molecule has 0 fully saturated rings. The summed E-state index contributed by atoms with van der Waals surface area (Å²) < 4.78 is 38.9. The average molecular weight is 525 g/mol. The van der Waals surface area contributed by atoms with Crippen molar-refractivity contribution in [2.75, 3.05) is 24.3 Å². The number of hydrogen-bond acceptors (Lipinski definition) is 6. The summed E-state index contributed by atoms with van der Waals surface area (Å²) in [4.78, 5) is 12.7. The zero-order valence-electron chi connectivity index (χ0n) is 19.7. The quantitative estimate of drug-likeness (QED) is 0.281. The van der Waals surface area contributed by atoms with Gasteiger partial charge in [-0.3, -0.25) is 4.72 Å². The van der Waals surface area contributed by atoms with Gasteiger partial charge in [0.2, 0.25) is 0 Å². The summed E-state index contributed by atoms with van der Waals surface area (Å²) in [6.07, 6.45) is 0.379. The molecule has 0 amide bonds. The molecule has 4 aromatic rings. The largest absolute Gasteiger partial charge is 0.497 e. The van der Waals surface area contributed by atoms with Crippen LogP contribution in [0.25, 0.3) is 10.8 Å². The van der Waals surface area contributed by atoms with Crippen molar-refractivity contribution < 1.29 is 22.7 Å². The SMILES string of the molecule is COC(=O)[C@H](Cc1ccc(Cl)cc1)Nc1ccc(NS(=O)(=O)c2ccc(OC)cc2)c2ccccc12. The van der Waals surface area contributed by atoms with Crippen molar-refractivity contribution >= 4 is 49.7 Å². The zero-order valence-corrected chi connectivity index (χ0v) is 21.3. The van der Waals surface area contributed by atoms with Gasteiger partial charge in [-0.2, -0.15) is 0 Å². The van der Waals surface area contributed by atoms with Crippen LogP contribution in [0.4, 0.5) is 11.4 Å². The van der Waals surface area contributed by atoms with Crippen molar-refractivity contribution in [2.45, 2.75) is 17.4 Å². The van der Waals surface area contributed by atoms with E-state index in [0.29, 0.717) is 34.0 Å². The first-order valence-electron chi connectivity index (χ1n) is 11.1. The number of anilines is 2. The number of carbonyl (C=O) groups excluding carboxylic acids is 1. The van der Waals surface area contributed by atoms with Crippen LogP contribution in [-0.2, 0) is 26.0 Å². The first-order chi connectivity index (χ1) is 17.3. The Balaban J connectivity index is 1.65. The second-order valence-corrected chi connectivity index (χ2v) is 10.2. The van der Waals surface area contributed by atoms with Crippen LogP contribution in [0.2, 0.25) is 5.02 Å². The fraction of sp³-hybridized carbons (Fsp3) is 0.148. The molecule has 4 rings (SSSR count). The van der Waals surface area contributed by atoms with Crippen LogP contribution in [0, 0.1) is 0 Å². The highest BCUT2D eigenvalue weighted by Gasteiger charge is 2.22. The number of esters is 1. The number of carbonyl (C=O) groups is 1. The van der Waals surface area contributed by atoms with Crippen molar-refractivity contribution in [1.82, 2.24) is 0 Å². The summed E-state index contributed by atoms with van der Waals surface area (Å²) in [5.41, 5.74) is 2.00. The second kappa shape index (κ2) is 10.9. The van der Waals surface area contributed by atoms with Gasteiger partial charge in [-0.1, -0.05) is 48.0 Å². The minimum atomic E-state index is -3.84. The highest BCUT2D eigenvalue weighted by atomic mass is 35.5. The molecule has 0 saturated carbocycles. The maximum Gasteiger partial charge on any atom is 0.328 e. The molecule has 36 heavy (non-hydrogen) atoms. The molecule has 0 unspecified atom stereocenters. The molecule has 9 heteroatoms. The molecule has 0 saturated heterocycles. The van der Waals surface area contributed by atoms with E-state index < -0.39 is 22.0 Å². The third-order valence-electron chi connectivity index (χ3n) is 5.71. The summed E-state index contributed by atoms with van der Waals surface area (Å²) in [6.45, 7) is 0. The Labute approximate surface area is 215 Å². The summed E-state index contributed by atoms with van der Waals surface area (Å²) >= 11 is 5.98. The van der Waals surface area contributed by atoms with E-state index >= 15 is 0 Å². The summed E-state index contributed by atoms with van der Waals surface area (Å²) in [7, 11) is -0.979. The molecule has 4 aromatic carbocycles. The van der Waals surface area contributed by atoms with Gasteiger partial charge in [0.1, 0.15) is 11.8 Å². The maximum atomic E-state index is 13.0. The van der Waals surface area contributed by atoms with E-state index in [1.807, 2.05) is 36.4 Å². The van der Waals surface area contributed by atoms with Gasteiger partial charge in [-0.15, -0.1) is 0 Å². The number of sulfonamides is 1. The minimum absolute atomic E-state index is 0.114. The molecule has 0 spiro atoms. The second-order valence-electron chi connectivity index (χ2n) is 8.04. The summed E-state index contributed by atoms with van der Waals surface area (Å²) in [5.74, 6) is 0.145. The molecule has 0 aliphatic heterocycles. The first kappa shape index (κ1) is 25.3. The predicted octanol–water partition coefficient (Wildman–Crippen LogP) is 5.50. The van der Waals surface area contributed by atoms with E-state index in [-0.39, 0.29) is 4.90 Å². The van der Waals surface area contributed by atoms with Crippen LogP contribution in [0.1, 0.15) is 5.56 Å². The molecule has 186 valence electrons.